The first-order chi connectivity index (χ1) is 8.99. The van der Waals surface area contributed by atoms with Crippen molar-refractivity contribution in [3.63, 3.8) is 0 Å². The van der Waals surface area contributed by atoms with E-state index in [-0.39, 0.29) is 17.1 Å². The third-order valence-corrected chi connectivity index (χ3v) is 2.57. The van der Waals surface area contributed by atoms with Gasteiger partial charge in [-0.2, -0.15) is 0 Å². The summed E-state index contributed by atoms with van der Waals surface area (Å²) in [6, 6.07) is 4.36. The quantitative estimate of drug-likeness (QED) is 0.667. The van der Waals surface area contributed by atoms with Crippen molar-refractivity contribution in [1.29, 1.82) is 0 Å². The van der Waals surface area contributed by atoms with Gasteiger partial charge < -0.3 is 5.11 Å². The number of nitro benzene ring substituents is 1. The molecule has 1 aromatic carbocycles. The summed E-state index contributed by atoms with van der Waals surface area (Å²) in [5.41, 5.74) is 1.18. The van der Waals surface area contributed by atoms with E-state index in [1.54, 1.807) is 13.0 Å². The molecule has 2 aromatic rings. The molecule has 1 heterocycles. The van der Waals surface area contributed by atoms with Crippen LogP contribution in [-0.4, -0.2) is 26.0 Å². The third-order valence-electron chi connectivity index (χ3n) is 2.57. The van der Waals surface area contributed by atoms with E-state index >= 15 is 0 Å². The lowest BCUT2D eigenvalue weighted by atomic mass is 10.1. The second kappa shape index (κ2) is 4.81. The highest BCUT2D eigenvalue weighted by Gasteiger charge is 2.13. The number of hydrogen-bond donors (Lipinski definition) is 1. The van der Waals surface area contributed by atoms with Crippen molar-refractivity contribution in [3.05, 3.63) is 51.8 Å². The third kappa shape index (κ3) is 2.54. The van der Waals surface area contributed by atoms with Crippen LogP contribution in [0, 0.1) is 17.0 Å². The number of benzene rings is 1. The van der Waals surface area contributed by atoms with Gasteiger partial charge in [-0.25, -0.2) is 14.8 Å². The maximum absolute atomic E-state index is 10.7. The van der Waals surface area contributed by atoms with Gasteiger partial charge in [0.15, 0.2) is 5.82 Å². The van der Waals surface area contributed by atoms with Crippen molar-refractivity contribution in [1.82, 2.24) is 9.97 Å². The summed E-state index contributed by atoms with van der Waals surface area (Å²) in [4.78, 5) is 28.7. The molecule has 0 fully saturated rings. The monoisotopic (exact) mass is 259 g/mol. The second-order valence-corrected chi connectivity index (χ2v) is 3.86. The maximum Gasteiger partial charge on any atom is 0.338 e. The smallest absolute Gasteiger partial charge is 0.338 e. The summed E-state index contributed by atoms with van der Waals surface area (Å²) < 4.78 is 0. The lowest BCUT2D eigenvalue weighted by Gasteiger charge is -2.04. The Labute approximate surface area is 107 Å². The number of carboxylic acids is 1. The predicted octanol–water partition coefficient (Wildman–Crippen LogP) is 2.06. The van der Waals surface area contributed by atoms with E-state index in [1.165, 1.54) is 24.5 Å². The van der Waals surface area contributed by atoms with Crippen LogP contribution in [0.2, 0.25) is 0 Å². The lowest BCUT2D eigenvalue weighted by Crippen LogP contribution is -2.00. The molecule has 19 heavy (non-hydrogen) atoms. The molecular weight excluding hydrogens is 250 g/mol. The van der Waals surface area contributed by atoms with Crippen molar-refractivity contribution in [2.45, 2.75) is 6.92 Å². The molecule has 0 atom stereocenters. The molecule has 1 N–H and O–H groups in total. The highest BCUT2D eigenvalue weighted by Crippen LogP contribution is 2.24. The summed E-state index contributed by atoms with van der Waals surface area (Å²) >= 11 is 0. The zero-order valence-corrected chi connectivity index (χ0v) is 9.90. The average molecular weight is 259 g/mol. The summed E-state index contributed by atoms with van der Waals surface area (Å²) in [5.74, 6) is -0.867. The first kappa shape index (κ1) is 12.6. The van der Waals surface area contributed by atoms with E-state index in [4.69, 9.17) is 5.11 Å². The molecule has 2 rings (SSSR count). The molecule has 7 nitrogen and oxygen atoms in total. The van der Waals surface area contributed by atoms with E-state index in [0.717, 1.165) is 5.56 Å². The van der Waals surface area contributed by atoms with Gasteiger partial charge in [0.05, 0.1) is 10.5 Å². The first-order valence-electron chi connectivity index (χ1n) is 5.30. The molecular formula is C12H9N3O4. The van der Waals surface area contributed by atoms with E-state index in [2.05, 4.69) is 9.97 Å². The van der Waals surface area contributed by atoms with Crippen molar-refractivity contribution in [2.75, 3.05) is 0 Å². The Morgan fingerprint density at radius 3 is 2.47 bits per heavy atom. The van der Waals surface area contributed by atoms with Crippen molar-refractivity contribution >= 4 is 11.7 Å². The number of rotatable bonds is 3. The molecule has 0 aliphatic rings. The Bertz CT molecular complexity index is 653. The van der Waals surface area contributed by atoms with Crippen molar-refractivity contribution in [3.8, 4) is 11.4 Å². The molecule has 0 bridgehead atoms. The Kier molecular flexibility index (Phi) is 3.19. The number of aryl methyl sites for hydroxylation is 1. The van der Waals surface area contributed by atoms with Crippen LogP contribution in [0.4, 0.5) is 5.69 Å². The number of nitro groups is 1. The zero-order chi connectivity index (χ0) is 14.0. The molecule has 0 radical (unpaired) electrons. The van der Waals surface area contributed by atoms with E-state index in [9.17, 15) is 14.9 Å². The molecule has 0 amide bonds. The van der Waals surface area contributed by atoms with Gasteiger partial charge in [0.2, 0.25) is 0 Å². The second-order valence-electron chi connectivity index (χ2n) is 3.86. The number of aromatic nitrogens is 2. The number of carboxylic acid groups (broad SMARTS) is 1. The Balaban J connectivity index is 2.48. The Morgan fingerprint density at radius 1 is 1.32 bits per heavy atom. The van der Waals surface area contributed by atoms with Crippen LogP contribution >= 0.6 is 0 Å². The minimum atomic E-state index is -1.12. The van der Waals surface area contributed by atoms with Crippen LogP contribution in [0.1, 0.15) is 15.9 Å². The molecule has 0 aliphatic heterocycles. The van der Waals surface area contributed by atoms with Crippen LogP contribution in [0.3, 0.4) is 0 Å². The molecule has 1 aromatic heterocycles. The number of carbonyl (C=O) groups is 1. The zero-order valence-electron chi connectivity index (χ0n) is 9.90. The summed E-state index contributed by atoms with van der Waals surface area (Å²) in [6.45, 7) is 1.77. The Hall–Kier alpha value is -2.83. The molecule has 0 unspecified atom stereocenters. The largest absolute Gasteiger partial charge is 0.478 e. The van der Waals surface area contributed by atoms with Gasteiger partial charge in [0, 0.05) is 30.1 Å². The Morgan fingerprint density at radius 2 is 1.95 bits per heavy atom. The van der Waals surface area contributed by atoms with Crippen LogP contribution in [0.25, 0.3) is 11.4 Å². The fourth-order valence-corrected chi connectivity index (χ4v) is 1.54. The molecule has 96 valence electrons. The fraction of sp³-hybridized carbons (Fsp3) is 0.0833. The van der Waals surface area contributed by atoms with E-state index in [1.807, 2.05) is 0 Å². The predicted molar refractivity (Wildman–Crippen MR) is 65.8 cm³/mol. The summed E-state index contributed by atoms with van der Waals surface area (Å²) in [7, 11) is 0. The van der Waals surface area contributed by atoms with Crippen LogP contribution in [-0.2, 0) is 0 Å². The highest BCUT2D eigenvalue weighted by molar-refractivity contribution is 5.87. The first-order valence-corrected chi connectivity index (χ1v) is 5.30. The SMILES string of the molecule is Cc1ccc([N+](=O)[O-])cc1-c1ncc(C(=O)O)cn1. The molecule has 0 aliphatic carbocycles. The molecule has 0 saturated carbocycles. The highest BCUT2D eigenvalue weighted by atomic mass is 16.6. The normalized spacial score (nSPS) is 10.2. The van der Waals surface area contributed by atoms with Crippen LogP contribution < -0.4 is 0 Å². The van der Waals surface area contributed by atoms with Gasteiger partial charge in [-0.3, -0.25) is 10.1 Å². The lowest BCUT2D eigenvalue weighted by molar-refractivity contribution is -0.384. The van der Waals surface area contributed by atoms with Gasteiger partial charge in [0.1, 0.15) is 0 Å². The van der Waals surface area contributed by atoms with Gasteiger partial charge in [-0.15, -0.1) is 0 Å². The van der Waals surface area contributed by atoms with Gasteiger partial charge in [-0.05, 0) is 12.5 Å². The van der Waals surface area contributed by atoms with Crippen LogP contribution in [0.15, 0.2) is 30.6 Å². The standard InChI is InChI=1S/C12H9N3O4/c1-7-2-3-9(15(18)19)4-10(7)11-13-5-8(6-14-11)12(16)17/h2-6H,1H3,(H,16,17). The number of hydrogen-bond acceptors (Lipinski definition) is 5. The molecule has 0 saturated heterocycles. The molecule has 0 spiro atoms. The average Bonchev–Trinajstić information content (AvgIpc) is 2.39. The van der Waals surface area contributed by atoms with Gasteiger partial charge in [0.25, 0.3) is 5.69 Å². The van der Waals surface area contributed by atoms with E-state index < -0.39 is 10.9 Å². The number of non-ortho nitro benzene ring substituents is 1. The topological polar surface area (TPSA) is 106 Å². The summed E-state index contributed by atoms with van der Waals surface area (Å²) in [5, 5.41) is 19.5. The maximum atomic E-state index is 10.7. The summed E-state index contributed by atoms with van der Waals surface area (Å²) in [6.07, 6.45) is 2.34. The minimum Gasteiger partial charge on any atom is -0.478 e. The van der Waals surface area contributed by atoms with Gasteiger partial charge >= 0.3 is 5.97 Å². The number of aromatic carboxylic acids is 1. The minimum absolute atomic E-state index is 0.0353. The molecule has 7 heteroatoms. The van der Waals surface area contributed by atoms with Crippen molar-refractivity contribution < 1.29 is 14.8 Å². The van der Waals surface area contributed by atoms with Crippen molar-refractivity contribution in [2.24, 2.45) is 0 Å². The van der Waals surface area contributed by atoms with Gasteiger partial charge in [-0.1, -0.05) is 6.07 Å². The van der Waals surface area contributed by atoms with E-state index in [0.29, 0.717) is 5.56 Å². The van der Waals surface area contributed by atoms with Crippen LogP contribution in [0.5, 0.6) is 0 Å². The fourth-order valence-electron chi connectivity index (χ4n) is 1.54. The number of nitrogens with zero attached hydrogens (tertiary/aromatic N) is 3.